The number of aliphatic carboxylic acids is 1. The van der Waals surface area contributed by atoms with Crippen LogP contribution in [-0.4, -0.2) is 63.7 Å². The summed E-state index contributed by atoms with van der Waals surface area (Å²) in [6.45, 7) is 1.42. The molecule has 1 aromatic rings. The maximum Gasteiger partial charge on any atom is 0.323 e. The van der Waals surface area contributed by atoms with E-state index in [1.54, 1.807) is 14.2 Å². The lowest BCUT2D eigenvalue weighted by atomic mass is 9.88. The molecule has 7 heteroatoms. The van der Waals surface area contributed by atoms with Crippen LogP contribution >= 0.6 is 0 Å². The van der Waals surface area contributed by atoms with Crippen LogP contribution in [0, 0.1) is 0 Å². The average molecular weight is 362 g/mol. The van der Waals surface area contributed by atoms with E-state index in [1.807, 2.05) is 25.2 Å². The summed E-state index contributed by atoms with van der Waals surface area (Å²) in [4.78, 5) is 13.6. The van der Waals surface area contributed by atoms with Crippen LogP contribution in [0.4, 0.5) is 0 Å². The molecule has 1 aromatic carbocycles. The van der Waals surface area contributed by atoms with Gasteiger partial charge >= 0.3 is 5.97 Å². The van der Waals surface area contributed by atoms with Crippen molar-refractivity contribution in [2.45, 2.75) is 44.0 Å². The third-order valence-corrected chi connectivity index (χ3v) is 4.67. The van der Waals surface area contributed by atoms with E-state index in [2.05, 4.69) is 4.90 Å². The van der Waals surface area contributed by atoms with Crippen LogP contribution < -0.4 is 15.2 Å². The van der Waals surface area contributed by atoms with Gasteiger partial charge in [0.15, 0.2) is 11.5 Å². The molecule has 0 spiro atoms. The molecule has 0 aliphatic heterocycles. The van der Waals surface area contributed by atoms with Crippen molar-refractivity contribution >= 4 is 13.8 Å². The summed E-state index contributed by atoms with van der Waals surface area (Å²) in [7, 11) is 10.7. The summed E-state index contributed by atoms with van der Waals surface area (Å²) < 4.78 is 10.6. The van der Waals surface area contributed by atoms with Gasteiger partial charge in [0, 0.05) is 13.1 Å². The van der Waals surface area contributed by atoms with Crippen molar-refractivity contribution < 1.29 is 19.4 Å². The third-order valence-electron chi connectivity index (χ3n) is 4.67. The summed E-state index contributed by atoms with van der Waals surface area (Å²) in [5.41, 5.74) is 6.06. The van der Waals surface area contributed by atoms with Crippen LogP contribution in [0.5, 0.6) is 11.5 Å². The minimum absolute atomic E-state index is 0.412. The molecule has 1 unspecified atom stereocenters. The van der Waals surface area contributed by atoms with Crippen molar-refractivity contribution in [1.82, 2.24) is 4.90 Å². The van der Waals surface area contributed by atoms with E-state index in [4.69, 9.17) is 23.1 Å². The number of benzene rings is 1. The molecule has 0 bridgehead atoms. The van der Waals surface area contributed by atoms with Crippen LogP contribution in [0.15, 0.2) is 18.2 Å². The van der Waals surface area contributed by atoms with Crippen LogP contribution in [-0.2, 0) is 11.2 Å². The zero-order chi connectivity index (χ0) is 19.6. The molecule has 26 heavy (non-hydrogen) atoms. The number of hydrogen-bond donors (Lipinski definition) is 2. The second-order valence-corrected chi connectivity index (χ2v) is 6.70. The molecule has 0 saturated carbocycles. The van der Waals surface area contributed by atoms with Gasteiger partial charge in [-0.2, -0.15) is 0 Å². The van der Waals surface area contributed by atoms with Gasteiger partial charge < -0.3 is 25.2 Å². The molecular formula is C19H31BN2O4. The van der Waals surface area contributed by atoms with Crippen molar-refractivity contribution in [3.8, 4) is 11.5 Å². The summed E-state index contributed by atoms with van der Waals surface area (Å²) >= 11 is 0. The van der Waals surface area contributed by atoms with Crippen molar-refractivity contribution in [2.24, 2.45) is 5.73 Å². The predicted octanol–water partition coefficient (Wildman–Crippen LogP) is 2.11. The first-order valence-electron chi connectivity index (χ1n) is 8.98. The second-order valence-electron chi connectivity index (χ2n) is 6.70. The van der Waals surface area contributed by atoms with Crippen LogP contribution in [0.2, 0.25) is 6.32 Å². The van der Waals surface area contributed by atoms with Gasteiger partial charge in [-0.25, -0.2) is 0 Å². The molecule has 1 atom stereocenters. The Morgan fingerprint density at radius 1 is 1.19 bits per heavy atom. The number of unbranched alkanes of at least 4 members (excludes halogenated alkanes) is 1. The van der Waals surface area contributed by atoms with Gasteiger partial charge in [0.25, 0.3) is 0 Å². The standard InChI is InChI=1S/C19H31BN2O4/c1-22(13-10-19(21,18(23)24)9-4-5-11-20)12-8-15-6-7-16(25-2)17(14-15)26-3/h6-7,14H,4-5,8-13,21H2,1-3H3,(H,23,24). The summed E-state index contributed by atoms with van der Waals surface area (Å²) in [6, 6.07) is 5.86. The highest BCUT2D eigenvalue weighted by Crippen LogP contribution is 2.27. The highest BCUT2D eigenvalue weighted by molar-refractivity contribution is 6.08. The first kappa shape index (κ1) is 22.3. The minimum atomic E-state index is -1.19. The number of likely N-dealkylation sites (N-methyl/N-ethyl adjacent to an activating group) is 1. The van der Waals surface area contributed by atoms with E-state index in [0.29, 0.717) is 37.2 Å². The SMILES string of the molecule is [B]CCCCC(N)(CCN(C)CCc1ccc(OC)c(OC)c1)C(=O)O. The Kier molecular flexibility index (Phi) is 9.52. The number of nitrogens with two attached hydrogens (primary N) is 1. The van der Waals surface area contributed by atoms with Gasteiger partial charge in [0.2, 0.25) is 0 Å². The molecule has 6 nitrogen and oxygen atoms in total. The molecule has 3 N–H and O–H groups in total. The lowest BCUT2D eigenvalue weighted by molar-refractivity contribution is -0.144. The number of carboxylic acids is 1. The number of carbonyl (C=O) groups is 1. The quantitative estimate of drug-likeness (QED) is 0.413. The van der Waals surface area contributed by atoms with E-state index in [1.165, 1.54) is 0 Å². The highest BCUT2D eigenvalue weighted by Gasteiger charge is 2.33. The molecule has 2 radical (unpaired) electrons. The third kappa shape index (κ3) is 6.88. The van der Waals surface area contributed by atoms with E-state index in [-0.39, 0.29) is 0 Å². The average Bonchev–Trinajstić information content (AvgIpc) is 2.64. The Morgan fingerprint density at radius 2 is 1.88 bits per heavy atom. The van der Waals surface area contributed by atoms with Gasteiger partial charge in [-0.3, -0.25) is 4.79 Å². The van der Waals surface area contributed by atoms with E-state index < -0.39 is 11.5 Å². The molecule has 0 saturated heterocycles. The van der Waals surface area contributed by atoms with Gasteiger partial charge in [-0.1, -0.05) is 25.2 Å². The number of ether oxygens (including phenoxy) is 2. The normalized spacial score (nSPS) is 13.4. The molecular weight excluding hydrogens is 331 g/mol. The lowest BCUT2D eigenvalue weighted by Crippen LogP contribution is -2.50. The second kappa shape index (κ2) is 11.1. The van der Waals surface area contributed by atoms with Crippen molar-refractivity contribution in [3.05, 3.63) is 23.8 Å². The summed E-state index contributed by atoms with van der Waals surface area (Å²) in [5.74, 6) is 0.471. The maximum atomic E-state index is 11.5. The fourth-order valence-corrected chi connectivity index (χ4v) is 2.78. The van der Waals surface area contributed by atoms with Crippen LogP contribution in [0.3, 0.4) is 0 Å². The fraction of sp³-hybridized carbons (Fsp3) is 0.632. The van der Waals surface area contributed by atoms with Gasteiger partial charge in [-0.05, 0) is 44.0 Å². The summed E-state index contributed by atoms with van der Waals surface area (Å²) in [6.07, 6.45) is 3.77. The molecule has 144 valence electrons. The first-order chi connectivity index (χ1) is 12.4. The number of methoxy groups -OCH3 is 2. The molecule has 0 fully saturated rings. The molecule has 0 aromatic heterocycles. The Labute approximate surface area is 158 Å². The Morgan fingerprint density at radius 3 is 2.46 bits per heavy atom. The first-order valence-corrected chi connectivity index (χ1v) is 8.98. The molecule has 1 rings (SSSR count). The number of hydrogen-bond acceptors (Lipinski definition) is 5. The largest absolute Gasteiger partial charge is 0.493 e. The van der Waals surface area contributed by atoms with E-state index >= 15 is 0 Å². The van der Waals surface area contributed by atoms with E-state index in [0.717, 1.165) is 31.4 Å². The number of nitrogens with zero attached hydrogens (tertiary/aromatic N) is 1. The Bertz CT molecular complexity index is 570. The Balaban J connectivity index is 2.52. The van der Waals surface area contributed by atoms with Gasteiger partial charge in [-0.15, -0.1) is 0 Å². The maximum absolute atomic E-state index is 11.5. The highest BCUT2D eigenvalue weighted by atomic mass is 16.5. The zero-order valence-electron chi connectivity index (χ0n) is 16.2. The molecule has 0 aliphatic rings. The lowest BCUT2D eigenvalue weighted by Gasteiger charge is -2.27. The Hall–Kier alpha value is -1.73. The van der Waals surface area contributed by atoms with E-state index in [9.17, 15) is 9.90 Å². The zero-order valence-corrected chi connectivity index (χ0v) is 16.2. The van der Waals surface area contributed by atoms with Crippen molar-refractivity contribution in [2.75, 3.05) is 34.4 Å². The summed E-state index contributed by atoms with van der Waals surface area (Å²) in [5, 5.41) is 9.46. The number of rotatable bonds is 13. The van der Waals surface area contributed by atoms with Crippen LogP contribution in [0.1, 0.15) is 31.2 Å². The minimum Gasteiger partial charge on any atom is -0.493 e. The predicted molar refractivity (Wildman–Crippen MR) is 104 cm³/mol. The topological polar surface area (TPSA) is 85.0 Å². The molecule has 0 heterocycles. The number of carboxylic acid groups (broad SMARTS) is 1. The van der Waals surface area contributed by atoms with Crippen molar-refractivity contribution in [3.63, 3.8) is 0 Å². The molecule has 0 aliphatic carbocycles. The smallest absolute Gasteiger partial charge is 0.323 e. The molecule has 0 amide bonds. The van der Waals surface area contributed by atoms with Crippen molar-refractivity contribution in [1.29, 1.82) is 0 Å². The van der Waals surface area contributed by atoms with Gasteiger partial charge in [0.05, 0.1) is 22.1 Å². The monoisotopic (exact) mass is 362 g/mol. The fourth-order valence-electron chi connectivity index (χ4n) is 2.78. The van der Waals surface area contributed by atoms with Crippen LogP contribution in [0.25, 0.3) is 0 Å². The van der Waals surface area contributed by atoms with Gasteiger partial charge in [0.1, 0.15) is 5.54 Å².